The molecule has 0 radical (unpaired) electrons. The van der Waals surface area contributed by atoms with E-state index < -0.39 is 27.4 Å². The highest BCUT2D eigenvalue weighted by atomic mass is 32.2. The molecule has 2 atom stereocenters. The topological polar surface area (TPSA) is 103 Å². The number of pyridine rings is 1. The molecule has 1 aromatic rings. The lowest BCUT2D eigenvalue weighted by atomic mass is 10.0. The molecule has 1 aromatic heterocycles. The van der Waals surface area contributed by atoms with Gasteiger partial charge in [0.1, 0.15) is 16.8 Å². The van der Waals surface area contributed by atoms with Crippen LogP contribution in [-0.2, 0) is 15.5 Å². The molecule has 0 spiro atoms. The molecule has 2 heterocycles. The zero-order chi connectivity index (χ0) is 18.6. The van der Waals surface area contributed by atoms with Crippen LogP contribution in [0, 0.1) is 10.1 Å². The van der Waals surface area contributed by atoms with Crippen LogP contribution in [-0.4, -0.2) is 49.0 Å². The number of carbonyl (C=O) groups excluding carboxylic acids is 1. The highest BCUT2D eigenvalue weighted by Gasteiger charge is 2.32. The van der Waals surface area contributed by atoms with Gasteiger partial charge in [-0.3, -0.25) is 14.3 Å². The highest BCUT2D eigenvalue weighted by molar-refractivity contribution is 7.85. The summed E-state index contributed by atoms with van der Waals surface area (Å²) in [6.07, 6.45) is 3.29. The quantitative estimate of drug-likeness (QED) is 0.597. The first kappa shape index (κ1) is 19.3. The highest BCUT2D eigenvalue weighted by Crippen LogP contribution is 2.22. The smallest absolute Gasteiger partial charge is 0.410 e. The Hall–Kier alpha value is -2.03. The van der Waals surface area contributed by atoms with Gasteiger partial charge in [0, 0.05) is 18.7 Å². The molecule has 0 unspecified atom stereocenters. The minimum absolute atomic E-state index is 0.145. The van der Waals surface area contributed by atoms with Gasteiger partial charge in [0.15, 0.2) is 0 Å². The van der Waals surface area contributed by atoms with Crippen molar-refractivity contribution in [3.8, 4) is 0 Å². The van der Waals surface area contributed by atoms with Crippen molar-refractivity contribution in [2.75, 3.05) is 12.3 Å². The second kappa shape index (κ2) is 7.90. The molecule has 1 aliphatic heterocycles. The second-order valence-electron chi connectivity index (χ2n) is 6.95. The second-order valence-corrected chi connectivity index (χ2v) is 8.39. The number of piperidine rings is 1. The van der Waals surface area contributed by atoms with E-state index in [4.69, 9.17) is 4.74 Å². The van der Waals surface area contributed by atoms with Crippen LogP contribution in [0.2, 0.25) is 0 Å². The maximum absolute atomic E-state index is 12.5. The van der Waals surface area contributed by atoms with Gasteiger partial charge in [-0.15, -0.1) is 0 Å². The average Bonchev–Trinajstić information content (AvgIpc) is 2.53. The summed E-state index contributed by atoms with van der Waals surface area (Å²) in [6.45, 7) is 6.00. The van der Waals surface area contributed by atoms with E-state index >= 15 is 0 Å². The summed E-state index contributed by atoms with van der Waals surface area (Å²) in [4.78, 5) is 28.0. The van der Waals surface area contributed by atoms with E-state index in [1.807, 2.05) is 20.8 Å². The number of ether oxygens (including phenoxy) is 1. The Morgan fingerprint density at radius 2 is 2.16 bits per heavy atom. The van der Waals surface area contributed by atoms with Crippen molar-refractivity contribution in [1.29, 1.82) is 0 Å². The maximum Gasteiger partial charge on any atom is 0.410 e. The summed E-state index contributed by atoms with van der Waals surface area (Å²) in [5.74, 6) is 0.240. The van der Waals surface area contributed by atoms with Gasteiger partial charge >= 0.3 is 6.09 Å². The Labute approximate surface area is 149 Å². The Morgan fingerprint density at radius 1 is 1.44 bits per heavy atom. The molecule has 9 heteroatoms. The van der Waals surface area contributed by atoms with Crippen LogP contribution in [0.1, 0.15) is 40.0 Å². The zero-order valence-corrected chi connectivity index (χ0v) is 15.5. The number of aromatic nitrogens is 1. The monoisotopic (exact) mass is 369 g/mol. The molecular formula is C16H23N3O5S. The van der Waals surface area contributed by atoms with Crippen LogP contribution >= 0.6 is 0 Å². The number of hydrogen-bond acceptors (Lipinski definition) is 6. The number of nitrogens with zero attached hydrogens (tertiary/aromatic N) is 3. The van der Waals surface area contributed by atoms with Crippen LogP contribution in [0.5, 0.6) is 0 Å². The summed E-state index contributed by atoms with van der Waals surface area (Å²) >= 11 is 0. The number of rotatable bonds is 4. The van der Waals surface area contributed by atoms with Crippen LogP contribution in [0.4, 0.5) is 10.5 Å². The van der Waals surface area contributed by atoms with Gasteiger partial charge in [0.05, 0.1) is 21.5 Å². The molecule has 0 saturated carbocycles. The Kier molecular flexibility index (Phi) is 6.10. The first-order valence-corrected chi connectivity index (χ1v) is 9.48. The SMILES string of the molecule is CC(C)(C)OC(=O)N1CCCC[C@H]1C[S@](=O)c1ccc([N+](=O)[O-])cn1. The first-order valence-electron chi connectivity index (χ1n) is 8.16. The van der Waals surface area contributed by atoms with Gasteiger partial charge in [0.25, 0.3) is 5.69 Å². The zero-order valence-electron chi connectivity index (χ0n) is 14.6. The van der Waals surface area contributed by atoms with Gasteiger partial charge in [-0.25, -0.2) is 9.78 Å². The lowest BCUT2D eigenvalue weighted by Gasteiger charge is -2.36. The summed E-state index contributed by atoms with van der Waals surface area (Å²) in [5, 5.41) is 10.9. The molecule has 0 aliphatic carbocycles. The molecule has 0 N–H and O–H groups in total. The van der Waals surface area contributed by atoms with Gasteiger partial charge in [-0.2, -0.15) is 0 Å². The summed E-state index contributed by atoms with van der Waals surface area (Å²) in [6, 6.07) is 2.49. The van der Waals surface area contributed by atoms with Crippen LogP contribution in [0.25, 0.3) is 0 Å². The third kappa shape index (κ3) is 5.48. The molecule has 1 fully saturated rings. The fourth-order valence-corrected chi connectivity index (χ4v) is 3.87. The van der Waals surface area contributed by atoms with Crippen molar-refractivity contribution in [1.82, 2.24) is 9.88 Å². The van der Waals surface area contributed by atoms with E-state index in [0.717, 1.165) is 25.5 Å². The largest absolute Gasteiger partial charge is 0.444 e. The normalized spacial score (nSPS) is 19.3. The standard InChI is InChI=1S/C16H23N3O5S/c1-16(2,3)24-15(20)18-9-5-4-6-13(18)11-25(23)14-8-7-12(10-17-14)19(21)22/h7-8,10,13H,4-6,9,11H2,1-3H3/t13-,25-/m0/s1. The fraction of sp³-hybridized carbons (Fsp3) is 0.625. The summed E-state index contributed by atoms with van der Waals surface area (Å²) in [7, 11) is -1.45. The minimum atomic E-state index is -1.45. The molecule has 0 bridgehead atoms. The number of likely N-dealkylation sites (tertiary alicyclic amines) is 1. The van der Waals surface area contributed by atoms with Crippen LogP contribution in [0.15, 0.2) is 23.4 Å². The molecule has 25 heavy (non-hydrogen) atoms. The average molecular weight is 369 g/mol. The van der Waals surface area contributed by atoms with Crippen molar-refractivity contribution >= 4 is 22.6 Å². The van der Waals surface area contributed by atoms with E-state index in [9.17, 15) is 19.1 Å². The first-order chi connectivity index (χ1) is 11.7. The lowest BCUT2D eigenvalue weighted by Crippen LogP contribution is -2.48. The molecule has 0 aromatic carbocycles. The number of amides is 1. The molecule has 1 amide bonds. The molecular weight excluding hydrogens is 346 g/mol. The molecule has 2 rings (SSSR count). The van der Waals surface area contributed by atoms with E-state index in [0.29, 0.717) is 6.54 Å². The van der Waals surface area contributed by atoms with Gasteiger partial charge in [0.2, 0.25) is 0 Å². The van der Waals surface area contributed by atoms with E-state index in [1.165, 1.54) is 12.1 Å². The molecule has 1 saturated heterocycles. The minimum Gasteiger partial charge on any atom is -0.444 e. The molecule has 138 valence electrons. The van der Waals surface area contributed by atoms with Gasteiger partial charge in [-0.05, 0) is 46.1 Å². The Balaban J connectivity index is 2.06. The predicted octanol–water partition coefficient (Wildman–Crippen LogP) is 2.89. The summed E-state index contributed by atoms with van der Waals surface area (Å²) in [5.41, 5.74) is -0.730. The Bertz CT molecular complexity index is 657. The number of nitro groups is 1. The van der Waals surface area contributed by atoms with Crippen molar-refractivity contribution in [2.24, 2.45) is 0 Å². The van der Waals surface area contributed by atoms with E-state index in [-0.39, 0.29) is 22.5 Å². The maximum atomic E-state index is 12.5. The number of hydrogen-bond donors (Lipinski definition) is 0. The predicted molar refractivity (Wildman–Crippen MR) is 92.7 cm³/mol. The Morgan fingerprint density at radius 3 is 2.72 bits per heavy atom. The van der Waals surface area contributed by atoms with Crippen LogP contribution < -0.4 is 0 Å². The number of carbonyl (C=O) groups is 1. The van der Waals surface area contributed by atoms with E-state index in [2.05, 4.69) is 4.98 Å². The van der Waals surface area contributed by atoms with Crippen molar-refractivity contribution in [3.05, 3.63) is 28.4 Å². The third-order valence-electron chi connectivity index (χ3n) is 3.76. The van der Waals surface area contributed by atoms with Crippen molar-refractivity contribution in [3.63, 3.8) is 0 Å². The molecule has 1 aliphatic rings. The van der Waals surface area contributed by atoms with Crippen molar-refractivity contribution in [2.45, 2.75) is 56.7 Å². The van der Waals surface area contributed by atoms with Gasteiger partial charge < -0.3 is 9.64 Å². The van der Waals surface area contributed by atoms with Crippen LogP contribution in [0.3, 0.4) is 0 Å². The van der Waals surface area contributed by atoms with Crippen molar-refractivity contribution < 1.29 is 18.7 Å². The summed E-state index contributed by atoms with van der Waals surface area (Å²) < 4.78 is 18.0. The molecule has 8 nitrogen and oxygen atoms in total. The lowest BCUT2D eigenvalue weighted by molar-refractivity contribution is -0.385. The van der Waals surface area contributed by atoms with Gasteiger partial charge in [-0.1, -0.05) is 0 Å². The third-order valence-corrected chi connectivity index (χ3v) is 5.16. The fourth-order valence-electron chi connectivity index (χ4n) is 2.61. The van der Waals surface area contributed by atoms with E-state index in [1.54, 1.807) is 4.90 Å².